The highest BCUT2D eigenvalue weighted by Crippen LogP contribution is 2.30. The van der Waals surface area contributed by atoms with E-state index in [1.54, 1.807) is 0 Å². The first-order valence-electron chi connectivity index (χ1n) is 9.71. The zero-order chi connectivity index (χ0) is 17.4. The number of ether oxygens (including phenoxy) is 1. The average molecular weight is 345 g/mol. The highest BCUT2D eigenvalue weighted by atomic mass is 16.5. The second kappa shape index (κ2) is 9.20. The zero-order valence-electron chi connectivity index (χ0n) is 15.5. The van der Waals surface area contributed by atoms with Gasteiger partial charge < -0.3 is 15.4 Å². The van der Waals surface area contributed by atoms with Gasteiger partial charge in [-0.05, 0) is 51.3 Å². The van der Waals surface area contributed by atoms with Gasteiger partial charge in [-0.15, -0.1) is 0 Å². The molecule has 0 aromatic heterocycles. The topological polar surface area (TPSA) is 48.9 Å². The molecule has 5 heteroatoms. The monoisotopic (exact) mass is 344 g/mol. The Hall–Kier alpha value is -1.59. The fourth-order valence-electron chi connectivity index (χ4n) is 3.89. The molecular formula is C20H32N4O. The first kappa shape index (κ1) is 18.2. The molecule has 0 unspecified atom stereocenters. The highest BCUT2D eigenvalue weighted by molar-refractivity contribution is 5.79. The summed E-state index contributed by atoms with van der Waals surface area (Å²) >= 11 is 0. The molecule has 2 aliphatic rings. The van der Waals surface area contributed by atoms with Crippen molar-refractivity contribution in [1.29, 1.82) is 0 Å². The normalized spacial score (nSPS) is 21.2. The van der Waals surface area contributed by atoms with Crippen LogP contribution in [0.15, 0.2) is 35.3 Å². The summed E-state index contributed by atoms with van der Waals surface area (Å²) in [7, 11) is 0. The average Bonchev–Trinajstić information content (AvgIpc) is 3.21. The minimum Gasteiger partial charge on any atom is -0.381 e. The van der Waals surface area contributed by atoms with Gasteiger partial charge in [-0.2, -0.15) is 0 Å². The van der Waals surface area contributed by atoms with Crippen molar-refractivity contribution in [2.75, 3.05) is 39.4 Å². The van der Waals surface area contributed by atoms with Crippen LogP contribution < -0.4 is 10.6 Å². The van der Waals surface area contributed by atoms with Crippen LogP contribution in [0.4, 0.5) is 0 Å². The van der Waals surface area contributed by atoms with Gasteiger partial charge in [-0.25, -0.2) is 4.99 Å². The molecule has 1 aromatic carbocycles. The fraction of sp³-hybridized carbons (Fsp3) is 0.650. The number of likely N-dealkylation sites (tertiary alicyclic amines) is 1. The Balaban J connectivity index is 1.63. The van der Waals surface area contributed by atoms with Crippen LogP contribution in [-0.2, 0) is 11.3 Å². The van der Waals surface area contributed by atoms with Crippen LogP contribution in [0.25, 0.3) is 0 Å². The van der Waals surface area contributed by atoms with Crippen molar-refractivity contribution in [3.05, 3.63) is 35.9 Å². The molecule has 0 radical (unpaired) electrons. The summed E-state index contributed by atoms with van der Waals surface area (Å²) in [5, 5.41) is 7.01. The maximum atomic E-state index is 5.64. The van der Waals surface area contributed by atoms with Crippen molar-refractivity contribution >= 4 is 5.96 Å². The molecule has 1 aromatic rings. The molecule has 138 valence electrons. The lowest BCUT2D eigenvalue weighted by Gasteiger charge is -2.45. The zero-order valence-corrected chi connectivity index (χ0v) is 15.5. The largest absolute Gasteiger partial charge is 0.381 e. The number of hydrogen-bond donors (Lipinski definition) is 2. The van der Waals surface area contributed by atoms with E-state index in [-0.39, 0.29) is 5.54 Å². The molecule has 3 rings (SSSR count). The van der Waals surface area contributed by atoms with E-state index in [4.69, 9.17) is 9.73 Å². The van der Waals surface area contributed by atoms with Gasteiger partial charge in [0.05, 0.1) is 6.54 Å². The molecule has 2 heterocycles. The van der Waals surface area contributed by atoms with Gasteiger partial charge >= 0.3 is 0 Å². The number of guanidine groups is 1. The molecule has 2 aliphatic heterocycles. The lowest BCUT2D eigenvalue weighted by molar-refractivity contribution is -0.0164. The van der Waals surface area contributed by atoms with Crippen molar-refractivity contribution in [3.8, 4) is 0 Å². The highest BCUT2D eigenvalue weighted by Gasteiger charge is 2.39. The second-order valence-electron chi connectivity index (χ2n) is 7.07. The Bertz CT molecular complexity index is 534. The van der Waals surface area contributed by atoms with Gasteiger partial charge in [-0.3, -0.25) is 4.90 Å². The molecule has 2 fully saturated rings. The summed E-state index contributed by atoms with van der Waals surface area (Å²) in [6, 6.07) is 10.4. The molecule has 2 N–H and O–H groups in total. The molecule has 2 saturated heterocycles. The van der Waals surface area contributed by atoms with Crippen LogP contribution in [0.3, 0.4) is 0 Å². The molecule has 0 spiro atoms. The van der Waals surface area contributed by atoms with E-state index in [1.165, 1.54) is 31.5 Å². The summed E-state index contributed by atoms with van der Waals surface area (Å²) in [6.07, 6.45) is 4.87. The standard InChI is InChI=1S/C20H32N4O/c1-2-21-19(22-16-18-8-4-3-5-9-18)23-17-20(10-14-25-15-11-20)24-12-6-7-13-24/h3-5,8-9H,2,6-7,10-17H2,1H3,(H2,21,22,23). The van der Waals surface area contributed by atoms with Crippen LogP contribution in [0.1, 0.15) is 38.2 Å². The van der Waals surface area contributed by atoms with E-state index in [2.05, 4.69) is 46.7 Å². The van der Waals surface area contributed by atoms with Gasteiger partial charge in [0.25, 0.3) is 0 Å². The summed E-state index contributed by atoms with van der Waals surface area (Å²) in [4.78, 5) is 7.45. The van der Waals surface area contributed by atoms with E-state index in [0.29, 0.717) is 6.54 Å². The SMILES string of the molecule is CCNC(=NCc1ccccc1)NCC1(N2CCCC2)CCOCC1. The van der Waals surface area contributed by atoms with Crippen molar-refractivity contribution in [3.63, 3.8) is 0 Å². The van der Waals surface area contributed by atoms with Crippen molar-refractivity contribution in [1.82, 2.24) is 15.5 Å². The summed E-state index contributed by atoms with van der Waals surface area (Å²) in [5.41, 5.74) is 1.46. The third kappa shape index (κ3) is 4.95. The number of nitrogens with one attached hydrogen (secondary N) is 2. The van der Waals surface area contributed by atoms with Crippen molar-refractivity contribution < 1.29 is 4.74 Å². The van der Waals surface area contributed by atoms with E-state index in [9.17, 15) is 0 Å². The van der Waals surface area contributed by atoms with Crippen molar-refractivity contribution in [2.45, 2.75) is 44.7 Å². The lowest BCUT2D eigenvalue weighted by Crippen LogP contribution is -2.58. The molecule has 0 bridgehead atoms. The summed E-state index contributed by atoms with van der Waals surface area (Å²) < 4.78 is 5.64. The Kier molecular flexibility index (Phi) is 6.70. The van der Waals surface area contributed by atoms with E-state index >= 15 is 0 Å². The van der Waals surface area contributed by atoms with Crippen LogP contribution in [-0.4, -0.2) is 55.8 Å². The molecule has 5 nitrogen and oxygen atoms in total. The number of benzene rings is 1. The van der Waals surface area contributed by atoms with Gasteiger partial charge in [-0.1, -0.05) is 30.3 Å². The Labute approximate surface area is 151 Å². The molecule has 0 amide bonds. The summed E-state index contributed by atoms with van der Waals surface area (Å²) in [5.74, 6) is 0.913. The number of rotatable bonds is 6. The smallest absolute Gasteiger partial charge is 0.191 e. The Morgan fingerprint density at radius 3 is 2.52 bits per heavy atom. The third-order valence-corrected chi connectivity index (χ3v) is 5.39. The Morgan fingerprint density at radius 1 is 1.12 bits per heavy atom. The molecule has 25 heavy (non-hydrogen) atoms. The molecule has 0 aliphatic carbocycles. The maximum Gasteiger partial charge on any atom is 0.191 e. The lowest BCUT2D eigenvalue weighted by atomic mass is 9.88. The predicted molar refractivity (Wildman–Crippen MR) is 103 cm³/mol. The number of hydrogen-bond acceptors (Lipinski definition) is 3. The molecule has 0 atom stereocenters. The molecular weight excluding hydrogens is 312 g/mol. The first-order valence-corrected chi connectivity index (χ1v) is 9.71. The van der Waals surface area contributed by atoms with Crippen LogP contribution in [0.2, 0.25) is 0 Å². The minimum atomic E-state index is 0.220. The van der Waals surface area contributed by atoms with Crippen LogP contribution in [0, 0.1) is 0 Å². The molecule has 0 saturated carbocycles. The van der Waals surface area contributed by atoms with E-state index < -0.39 is 0 Å². The minimum absolute atomic E-state index is 0.220. The van der Waals surface area contributed by atoms with Crippen LogP contribution >= 0.6 is 0 Å². The van der Waals surface area contributed by atoms with E-state index in [1.807, 2.05) is 6.07 Å². The van der Waals surface area contributed by atoms with Crippen LogP contribution in [0.5, 0.6) is 0 Å². The summed E-state index contributed by atoms with van der Waals surface area (Å²) in [6.45, 7) is 8.82. The number of nitrogens with zero attached hydrogens (tertiary/aromatic N) is 2. The predicted octanol–water partition coefficient (Wildman–Crippen LogP) is 2.39. The van der Waals surface area contributed by atoms with Gasteiger partial charge in [0.15, 0.2) is 5.96 Å². The van der Waals surface area contributed by atoms with Gasteiger partial charge in [0.1, 0.15) is 0 Å². The maximum absolute atomic E-state index is 5.64. The second-order valence-corrected chi connectivity index (χ2v) is 7.07. The third-order valence-electron chi connectivity index (χ3n) is 5.39. The fourth-order valence-corrected chi connectivity index (χ4v) is 3.89. The van der Waals surface area contributed by atoms with Gasteiger partial charge in [0.2, 0.25) is 0 Å². The number of aliphatic imine (C=N–C) groups is 1. The van der Waals surface area contributed by atoms with Gasteiger partial charge in [0, 0.05) is 31.8 Å². The Morgan fingerprint density at radius 2 is 1.84 bits per heavy atom. The first-order chi connectivity index (χ1) is 12.3. The van der Waals surface area contributed by atoms with E-state index in [0.717, 1.165) is 45.1 Å². The van der Waals surface area contributed by atoms with Crippen molar-refractivity contribution in [2.24, 2.45) is 4.99 Å². The quantitative estimate of drug-likeness (QED) is 0.614.